The number of hydrazone groups is 1. The van der Waals surface area contributed by atoms with Gasteiger partial charge in [0, 0.05) is 12.8 Å². The van der Waals surface area contributed by atoms with Crippen LogP contribution in [0.2, 0.25) is 0 Å². The Bertz CT molecular complexity index is 1140. The largest absolute Gasteiger partial charge is 0.497 e. The maximum Gasteiger partial charge on any atom is 0.306 e. The Morgan fingerprint density at radius 1 is 1.03 bits per heavy atom. The van der Waals surface area contributed by atoms with Gasteiger partial charge < -0.3 is 9.47 Å². The summed E-state index contributed by atoms with van der Waals surface area (Å²) in [6.45, 7) is 1.37. The van der Waals surface area contributed by atoms with Crippen LogP contribution in [0.3, 0.4) is 0 Å². The van der Waals surface area contributed by atoms with E-state index in [0.29, 0.717) is 6.42 Å². The second-order valence-corrected chi connectivity index (χ2v) is 7.35. The van der Waals surface area contributed by atoms with Crippen molar-refractivity contribution in [3.8, 4) is 5.75 Å². The molecule has 1 aliphatic heterocycles. The van der Waals surface area contributed by atoms with Crippen molar-refractivity contribution >= 4 is 28.4 Å². The van der Waals surface area contributed by atoms with Crippen molar-refractivity contribution < 1.29 is 19.1 Å². The predicted molar refractivity (Wildman–Crippen MR) is 119 cm³/mol. The fraction of sp³-hybridized carbons (Fsp3) is 0.240. The lowest BCUT2D eigenvalue weighted by molar-refractivity contribution is -0.152. The molecule has 0 saturated carbocycles. The number of amides is 1. The van der Waals surface area contributed by atoms with Gasteiger partial charge in [0.25, 0.3) is 5.91 Å². The molecule has 6 nitrogen and oxygen atoms in total. The number of esters is 1. The van der Waals surface area contributed by atoms with Crippen LogP contribution in [0.25, 0.3) is 10.8 Å². The van der Waals surface area contributed by atoms with Crippen LogP contribution in [0.4, 0.5) is 0 Å². The summed E-state index contributed by atoms with van der Waals surface area (Å²) in [4.78, 5) is 24.4. The van der Waals surface area contributed by atoms with E-state index >= 15 is 0 Å². The molecule has 3 aromatic carbocycles. The summed E-state index contributed by atoms with van der Waals surface area (Å²) < 4.78 is 10.3. The van der Waals surface area contributed by atoms with Crippen LogP contribution in [-0.2, 0) is 14.3 Å². The van der Waals surface area contributed by atoms with Crippen molar-refractivity contribution in [2.75, 3.05) is 13.7 Å². The van der Waals surface area contributed by atoms with Gasteiger partial charge in [-0.05, 0) is 40.1 Å². The summed E-state index contributed by atoms with van der Waals surface area (Å²) >= 11 is 0. The lowest BCUT2D eigenvalue weighted by Gasteiger charge is -2.22. The Morgan fingerprint density at radius 2 is 1.77 bits per heavy atom. The number of nitrogens with zero attached hydrogens (tertiary/aromatic N) is 2. The Hall–Kier alpha value is -3.67. The second kappa shape index (κ2) is 9.00. The Labute approximate surface area is 181 Å². The second-order valence-electron chi connectivity index (χ2n) is 7.35. The third-order valence-corrected chi connectivity index (χ3v) is 5.39. The molecule has 6 heteroatoms. The highest BCUT2D eigenvalue weighted by Gasteiger charge is 2.33. The fourth-order valence-electron chi connectivity index (χ4n) is 3.68. The predicted octanol–water partition coefficient (Wildman–Crippen LogP) is 4.48. The summed E-state index contributed by atoms with van der Waals surface area (Å²) in [7, 11) is 1.61. The van der Waals surface area contributed by atoms with Gasteiger partial charge in [0.15, 0.2) is 6.61 Å². The average Bonchev–Trinajstić information content (AvgIpc) is 3.27. The number of ether oxygens (including phenoxy) is 2. The smallest absolute Gasteiger partial charge is 0.306 e. The SMILES string of the molecule is CCC(=O)OCC(=O)N1N=C(c2ccc3ccccc3c2)C[C@H]1c1ccc(OC)cc1. The molecule has 1 amide bonds. The Kier molecular flexibility index (Phi) is 5.98. The van der Waals surface area contributed by atoms with E-state index in [4.69, 9.17) is 9.47 Å². The normalized spacial score (nSPS) is 15.6. The number of hydrogen-bond donors (Lipinski definition) is 0. The molecule has 158 valence electrons. The van der Waals surface area contributed by atoms with Crippen molar-refractivity contribution in [3.63, 3.8) is 0 Å². The molecule has 0 radical (unpaired) electrons. The van der Waals surface area contributed by atoms with Crippen molar-refractivity contribution in [1.82, 2.24) is 5.01 Å². The number of hydrogen-bond acceptors (Lipinski definition) is 5. The molecule has 0 unspecified atom stereocenters. The molecule has 0 aromatic heterocycles. The maximum absolute atomic E-state index is 12.9. The standard InChI is InChI=1S/C25H24N2O4/c1-3-25(29)31-16-24(28)27-23(18-10-12-21(30-2)13-11-18)15-22(26-27)20-9-8-17-6-4-5-7-19(17)14-20/h4-14,23H,3,15-16H2,1-2H3/t23-/m0/s1. The highest BCUT2D eigenvalue weighted by atomic mass is 16.5. The van der Waals surface area contributed by atoms with Crippen LogP contribution in [0, 0.1) is 0 Å². The number of carbonyl (C=O) groups is 2. The van der Waals surface area contributed by atoms with Crippen LogP contribution >= 0.6 is 0 Å². The molecule has 0 N–H and O–H groups in total. The molecular formula is C25H24N2O4. The van der Waals surface area contributed by atoms with Crippen LogP contribution in [0.5, 0.6) is 5.75 Å². The van der Waals surface area contributed by atoms with Crippen molar-refractivity contribution in [3.05, 3.63) is 77.9 Å². The molecule has 1 heterocycles. The zero-order valence-corrected chi connectivity index (χ0v) is 17.6. The third-order valence-electron chi connectivity index (χ3n) is 5.39. The van der Waals surface area contributed by atoms with E-state index in [1.54, 1.807) is 14.0 Å². The van der Waals surface area contributed by atoms with Gasteiger partial charge in [-0.15, -0.1) is 0 Å². The molecule has 1 atom stereocenters. The maximum atomic E-state index is 12.9. The van der Waals surface area contributed by atoms with Crippen LogP contribution in [-0.4, -0.2) is 36.3 Å². The zero-order chi connectivity index (χ0) is 21.8. The Balaban J connectivity index is 1.65. The van der Waals surface area contributed by atoms with E-state index in [0.717, 1.165) is 33.4 Å². The monoisotopic (exact) mass is 416 g/mol. The molecule has 31 heavy (non-hydrogen) atoms. The van der Waals surface area contributed by atoms with Gasteiger partial charge in [0.1, 0.15) is 5.75 Å². The molecule has 0 bridgehead atoms. The van der Waals surface area contributed by atoms with Crippen molar-refractivity contribution in [1.29, 1.82) is 0 Å². The summed E-state index contributed by atoms with van der Waals surface area (Å²) in [6.07, 6.45) is 0.791. The average molecular weight is 416 g/mol. The fourth-order valence-corrected chi connectivity index (χ4v) is 3.68. The first-order chi connectivity index (χ1) is 15.1. The third kappa shape index (κ3) is 4.43. The van der Waals surface area contributed by atoms with Gasteiger partial charge in [0.2, 0.25) is 0 Å². The van der Waals surface area contributed by atoms with Crippen molar-refractivity contribution in [2.24, 2.45) is 5.10 Å². The minimum Gasteiger partial charge on any atom is -0.497 e. The molecule has 4 rings (SSSR count). The van der Waals surface area contributed by atoms with Gasteiger partial charge in [-0.3, -0.25) is 9.59 Å². The highest BCUT2D eigenvalue weighted by Crippen LogP contribution is 2.34. The molecule has 0 fully saturated rings. The number of rotatable bonds is 6. The van der Waals surface area contributed by atoms with E-state index in [1.807, 2.05) is 42.5 Å². The Morgan fingerprint density at radius 3 is 2.48 bits per heavy atom. The number of carbonyl (C=O) groups excluding carboxylic acids is 2. The van der Waals surface area contributed by atoms with Crippen LogP contribution in [0.15, 0.2) is 71.8 Å². The van der Waals surface area contributed by atoms with Crippen molar-refractivity contribution in [2.45, 2.75) is 25.8 Å². The lowest BCUT2D eigenvalue weighted by Crippen LogP contribution is -2.31. The van der Waals surface area contributed by atoms with Gasteiger partial charge >= 0.3 is 5.97 Å². The molecule has 0 aliphatic carbocycles. The van der Waals surface area contributed by atoms with E-state index in [2.05, 4.69) is 29.4 Å². The van der Waals surface area contributed by atoms with E-state index in [9.17, 15) is 9.59 Å². The quantitative estimate of drug-likeness (QED) is 0.556. The summed E-state index contributed by atoms with van der Waals surface area (Å²) in [5, 5.41) is 8.35. The van der Waals surface area contributed by atoms with Crippen LogP contribution in [0.1, 0.15) is 36.9 Å². The topological polar surface area (TPSA) is 68.2 Å². The van der Waals surface area contributed by atoms with E-state index < -0.39 is 5.97 Å². The number of fused-ring (bicyclic) bond motifs is 1. The van der Waals surface area contributed by atoms with Gasteiger partial charge in [-0.2, -0.15) is 5.10 Å². The van der Waals surface area contributed by atoms with Gasteiger partial charge in [-0.1, -0.05) is 55.5 Å². The van der Waals surface area contributed by atoms with Gasteiger partial charge in [0.05, 0.1) is 18.9 Å². The first kappa shape index (κ1) is 20.6. The minimum atomic E-state index is -0.410. The van der Waals surface area contributed by atoms with E-state index in [-0.39, 0.29) is 25.0 Å². The first-order valence-corrected chi connectivity index (χ1v) is 10.3. The highest BCUT2D eigenvalue weighted by molar-refractivity contribution is 6.05. The minimum absolute atomic E-state index is 0.223. The molecule has 0 spiro atoms. The molecule has 3 aromatic rings. The summed E-state index contributed by atoms with van der Waals surface area (Å²) in [6, 6.07) is 21.6. The first-order valence-electron chi connectivity index (χ1n) is 10.3. The molecule has 1 aliphatic rings. The summed E-state index contributed by atoms with van der Waals surface area (Å²) in [5.74, 6) is -0.0159. The lowest BCUT2D eigenvalue weighted by atomic mass is 9.97. The number of benzene rings is 3. The molecule has 0 saturated heterocycles. The van der Waals surface area contributed by atoms with Crippen LogP contribution < -0.4 is 4.74 Å². The van der Waals surface area contributed by atoms with E-state index in [1.165, 1.54) is 5.01 Å². The van der Waals surface area contributed by atoms with Gasteiger partial charge in [-0.25, -0.2) is 5.01 Å². The number of methoxy groups -OCH3 is 1. The zero-order valence-electron chi connectivity index (χ0n) is 17.6. The molecular weight excluding hydrogens is 392 g/mol. The summed E-state index contributed by atoms with van der Waals surface area (Å²) in [5.41, 5.74) is 2.73.